The number of pyridine rings is 1. The van der Waals surface area contributed by atoms with Gasteiger partial charge in [-0.1, -0.05) is 13.8 Å². The smallest absolute Gasteiger partial charge is 1.00 e. The van der Waals surface area contributed by atoms with Gasteiger partial charge in [-0.15, -0.1) is 0 Å². The molecule has 0 bridgehead atoms. The van der Waals surface area contributed by atoms with Crippen molar-refractivity contribution in [2.75, 3.05) is 26.7 Å². The Morgan fingerprint density at radius 3 is 2.73 bits per heavy atom. The number of nitrogens with one attached hydrogen (secondary N) is 1. The van der Waals surface area contributed by atoms with E-state index in [0.29, 0.717) is 0 Å². The molecule has 0 fully saturated rings. The minimum Gasteiger partial charge on any atom is -1.00 e. The van der Waals surface area contributed by atoms with Gasteiger partial charge in [0, 0.05) is 6.20 Å². The zero-order valence-corrected chi connectivity index (χ0v) is 17.1. The van der Waals surface area contributed by atoms with Crippen LogP contribution in [0.2, 0.25) is 0 Å². The van der Waals surface area contributed by atoms with E-state index in [9.17, 15) is 4.79 Å². The Hall–Kier alpha value is -0.0236. The van der Waals surface area contributed by atoms with Crippen molar-refractivity contribution in [1.82, 2.24) is 15.2 Å². The molecule has 0 amide bonds. The molecule has 22 heavy (non-hydrogen) atoms. The van der Waals surface area contributed by atoms with Crippen molar-refractivity contribution in [3.8, 4) is 5.88 Å². The Bertz CT molecular complexity index is 448. The summed E-state index contributed by atoms with van der Waals surface area (Å²) in [7, 11) is 1.80. The second-order valence-electron chi connectivity index (χ2n) is 4.73. The third-order valence-electron chi connectivity index (χ3n) is 3.41. The second kappa shape index (κ2) is 12.4. The molecule has 1 atom stereocenters. The number of nitrogens with zero attached hydrogens (tertiary/aromatic N) is 2. The predicted octanol–water partition coefficient (Wildman–Crippen LogP) is -1.06. The fourth-order valence-electron chi connectivity index (χ4n) is 2.08. The number of carbonyl (C=O) groups is 1. The van der Waals surface area contributed by atoms with Crippen molar-refractivity contribution in [2.24, 2.45) is 0 Å². The molecule has 0 saturated heterocycles. The molecule has 0 aliphatic rings. The largest absolute Gasteiger partial charge is 1.00 e. The van der Waals surface area contributed by atoms with E-state index in [-0.39, 0.29) is 70.5 Å². The maximum Gasteiger partial charge on any atom is 1.00 e. The van der Waals surface area contributed by atoms with E-state index in [1.165, 1.54) is 12.3 Å². The molecule has 6 nitrogen and oxygen atoms in total. The maximum absolute atomic E-state index is 11.1. The van der Waals surface area contributed by atoms with Crippen LogP contribution >= 0.6 is 0 Å². The third kappa shape index (κ3) is 7.50. The fourth-order valence-corrected chi connectivity index (χ4v) is 2.08. The summed E-state index contributed by atoms with van der Waals surface area (Å²) >= 11 is 0. The van der Waals surface area contributed by atoms with Crippen molar-refractivity contribution in [1.29, 1.82) is 0 Å². The van der Waals surface area contributed by atoms with Gasteiger partial charge in [0.2, 0.25) is 5.88 Å². The topological polar surface area (TPSA) is 74.7 Å². The van der Waals surface area contributed by atoms with Gasteiger partial charge in [-0.25, -0.2) is 9.78 Å². The van der Waals surface area contributed by atoms with E-state index in [1.54, 1.807) is 13.1 Å². The number of rotatable bonds is 10. The van der Waals surface area contributed by atoms with Crippen LogP contribution in [0.5, 0.6) is 5.88 Å². The molecule has 1 aromatic rings. The van der Waals surface area contributed by atoms with Crippen LogP contribution in [0.4, 0.5) is 0 Å². The molecule has 0 aromatic carbocycles. The molecule has 1 aromatic heterocycles. The molecular weight excluding hydrogens is 309 g/mol. The molecule has 7 heteroatoms. The first-order valence-corrected chi connectivity index (χ1v) is 7.36. The Kier molecular flexibility index (Phi) is 12.4. The van der Waals surface area contributed by atoms with Gasteiger partial charge >= 0.3 is 57.4 Å². The van der Waals surface area contributed by atoms with Crippen molar-refractivity contribution in [3.05, 3.63) is 23.9 Å². The van der Waals surface area contributed by atoms with Crippen LogP contribution in [0.25, 0.3) is 0 Å². The number of hydrogen-bond donors (Lipinski definition) is 2. The molecule has 1 heterocycles. The fraction of sp³-hybridized carbons (Fsp3) is 0.600. The SMILES string of the molecule is CCN(CC)CCCC(NC)Oc1ncccc1C(=O)O.[H-].[K+]. The molecule has 0 aliphatic carbocycles. The molecule has 0 aliphatic heterocycles. The number of carboxylic acid groups (broad SMARTS) is 1. The van der Waals surface area contributed by atoms with E-state index in [1.807, 2.05) is 0 Å². The summed E-state index contributed by atoms with van der Waals surface area (Å²) in [5.41, 5.74) is 0.0847. The molecule has 1 unspecified atom stereocenters. The molecule has 0 saturated carbocycles. The summed E-state index contributed by atoms with van der Waals surface area (Å²) < 4.78 is 5.68. The molecular formula is C15H26KN3O3. The third-order valence-corrected chi connectivity index (χ3v) is 3.41. The van der Waals surface area contributed by atoms with Crippen LogP contribution in [0.15, 0.2) is 18.3 Å². The second-order valence-corrected chi connectivity index (χ2v) is 4.73. The summed E-state index contributed by atoms with van der Waals surface area (Å²) in [6.07, 6.45) is 3.06. The molecule has 0 spiro atoms. The first-order chi connectivity index (χ1) is 10.1. The van der Waals surface area contributed by atoms with Gasteiger partial charge in [0.15, 0.2) is 6.23 Å². The molecule has 2 N–H and O–H groups in total. The Morgan fingerprint density at radius 2 is 2.18 bits per heavy atom. The predicted molar refractivity (Wildman–Crippen MR) is 82.8 cm³/mol. The van der Waals surface area contributed by atoms with Crippen molar-refractivity contribution in [2.45, 2.75) is 32.9 Å². The number of hydrogen-bond acceptors (Lipinski definition) is 5. The number of aromatic nitrogens is 1. The summed E-state index contributed by atoms with van der Waals surface area (Å²) in [4.78, 5) is 17.5. The van der Waals surface area contributed by atoms with Crippen LogP contribution in [0.3, 0.4) is 0 Å². The average Bonchev–Trinajstić information content (AvgIpc) is 2.50. The Labute approximate surface area is 176 Å². The van der Waals surface area contributed by atoms with Gasteiger partial charge in [0.1, 0.15) is 5.56 Å². The van der Waals surface area contributed by atoms with Crippen LogP contribution in [0, 0.1) is 0 Å². The summed E-state index contributed by atoms with van der Waals surface area (Å²) in [6, 6.07) is 3.08. The molecule has 0 radical (unpaired) electrons. The van der Waals surface area contributed by atoms with Crippen molar-refractivity contribution < 1.29 is 67.4 Å². The van der Waals surface area contributed by atoms with Crippen LogP contribution in [-0.2, 0) is 0 Å². The zero-order valence-electron chi connectivity index (χ0n) is 15.0. The summed E-state index contributed by atoms with van der Waals surface area (Å²) in [6.45, 7) is 7.35. The number of carboxylic acids is 1. The average molecular weight is 335 g/mol. The molecule has 1 rings (SSSR count). The first-order valence-electron chi connectivity index (χ1n) is 7.36. The first kappa shape index (κ1) is 22.0. The normalized spacial score (nSPS) is 11.8. The minimum absolute atomic E-state index is 0. The van der Waals surface area contributed by atoms with Crippen molar-refractivity contribution >= 4 is 5.97 Å². The number of ether oxygens (including phenoxy) is 1. The molecule has 120 valence electrons. The van der Waals surface area contributed by atoms with Gasteiger partial charge in [-0.2, -0.15) is 0 Å². The maximum atomic E-state index is 11.1. The Balaban J connectivity index is 0. The van der Waals surface area contributed by atoms with Crippen molar-refractivity contribution in [3.63, 3.8) is 0 Å². The van der Waals surface area contributed by atoms with Gasteiger partial charge in [0.25, 0.3) is 0 Å². The number of aromatic carboxylic acids is 1. The Morgan fingerprint density at radius 1 is 1.50 bits per heavy atom. The van der Waals surface area contributed by atoms with Crippen LogP contribution in [-0.4, -0.2) is 53.9 Å². The quantitative estimate of drug-likeness (QED) is 0.420. The minimum atomic E-state index is -1.03. The zero-order chi connectivity index (χ0) is 15.7. The van der Waals surface area contributed by atoms with E-state index < -0.39 is 5.97 Å². The summed E-state index contributed by atoms with van der Waals surface area (Å²) in [5.74, 6) is -0.872. The van der Waals surface area contributed by atoms with E-state index in [2.05, 4.69) is 29.0 Å². The summed E-state index contributed by atoms with van der Waals surface area (Å²) in [5, 5.41) is 12.2. The van der Waals surface area contributed by atoms with Gasteiger partial charge in [-0.3, -0.25) is 5.32 Å². The van der Waals surface area contributed by atoms with Crippen LogP contribution < -0.4 is 61.4 Å². The standard InChI is InChI=1S/C15H25N3O3.K.H/c1-4-18(5-2)11-7-9-13(16-3)21-14-12(15(19)20)8-6-10-17-14;;/h6,8,10,13,16H,4-5,7,9,11H2,1-3H3,(H,19,20);;/q;+1;-1. The van der Waals surface area contributed by atoms with Crippen LogP contribution in [0.1, 0.15) is 38.5 Å². The van der Waals surface area contributed by atoms with E-state index in [4.69, 9.17) is 9.84 Å². The van der Waals surface area contributed by atoms with Gasteiger partial charge < -0.3 is 16.2 Å². The monoisotopic (exact) mass is 335 g/mol. The van der Waals surface area contributed by atoms with E-state index >= 15 is 0 Å². The van der Waals surface area contributed by atoms with Gasteiger partial charge in [-0.05, 0) is 51.7 Å². The van der Waals surface area contributed by atoms with E-state index in [0.717, 1.165) is 32.5 Å². The van der Waals surface area contributed by atoms with Gasteiger partial charge in [0.05, 0.1) is 0 Å².